The van der Waals surface area contributed by atoms with Crippen molar-refractivity contribution in [3.8, 4) is 0 Å². The molecule has 1 aliphatic rings. The highest BCUT2D eigenvalue weighted by atomic mass is 16.5. The van der Waals surface area contributed by atoms with Gasteiger partial charge in [0.2, 0.25) is 0 Å². The predicted molar refractivity (Wildman–Crippen MR) is 129 cm³/mol. The smallest absolute Gasteiger partial charge is 0.341 e. The van der Waals surface area contributed by atoms with E-state index in [2.05, 4.69) is 27.3 Å². The van der Waals surface area contributed by atoms with E-state index >= 15 is 0 Å². The standard InChI is InChI=1S/C26H29N3O4/c1-3-32-25(30)18-8-13-23-21(16-18)24(22(17-27-23)26(31)33-4-2)28-19-9-11-20(12-10-19)29-14-6-5-7-15-29/h8-13,16-17H,3-7,14-15H2,1-2H3,(H,27,28). The average molecular weight is 448 g/mol. The summed E-state index contributed by atoms with van der Waals surface area (Å²) in [4.78, 5) is 31.8. The van der Waals surface area contributed by atoms with Gasteiger partial charge in [-0.2, -0.15) is 0 Å². The van der Waals surface area contributed by atoms with Gasteiger partial charge in [0.05, 0.1) is 30.0 Å². The second-order valence-electron chi connectivity index (χ2n) is 7.94. The van der Waals surface area contributed by atoms with Crippen LogP contribution in [0, 0.1) is 0 Å². The minimum Gasteiger partial charge on any atom is -0.462 e. The van der Waals surface area contributed by atoms with Crippen LogP contribution < -0.4 is 10.2 Å². The Morgan fingerprint density at radius 1 is 0.939 bits per heavy atom. The van der Waals surface area contributed by atoms with E-state index in [1.165, 1.54) is 31.1 Å². The van der Waals surface area contributed by atoms with E-state index < -0.39 is 11.9 Å². The molecule has 3 aromatic rings. The summed E-state index contributed by atoms with van der Waals surface area (Å²) in [6.45, 7) is 6.21. The van der Waals surface area contributed by atoms with Gasteiger partial charge in [-0.05, 0) is 75.6 Å². The fourth-order valence-electron chi connectivity index (χ4n) is 4.08. The van der Waals surface area contributed by atoms with E-state index in [1.54, 1.807) is 32.0 Å². The van der Waals surface area contributed by atoms with E-state index in [0.29, 0.717) is 27.7 Å². The van der Waals surface area contributed by atoms with Crippen LogP contribution in [0.15, 0.2) is 48.7 Å². The van der Waals surface area contributed by atoms with Gasteiger partial charge in [0.1, 0.15) is 5.56 Å². The van der Waals surface area contributed by atoms with E-state index in [-0.39, 0.29) is 13.2 Å². The average Bonchev–Trinajstić information content (AvgIpc) is 2.85. The minimum absolute atomic E-state index is 0.254. The summed E-state index contributed by atoms with van der Waals surface area (Å²) in [5.41, 5.74) is 3.94. The van der Waals surface area contributed by atoms with Crippen LogP contribution in [0.3, 0.4) is 0 Å². The molecule has 0 atom stereocenters. The SMILES string of the molecule is CCOC(=O)c1ccc2ncc(C(=O)OCC)c(Nc3ccc(N4CCCCC4)cc3)c2c1. The third-order valence-electron chi connectivity index (χ3n) is 5.73. The first-order valence-corrected chi connectivity index (χ1v) is 11.5. The number of anilines is 3. The van der Waals surface area contributed by atoms with Crippen molar-refractivity contribution in [2.24, 2.45) is 0 Å². The van der Waals surface area contributed by atoms with Gasteiger partial charge in [-0.1, -0.05) is 0 Å². The number of hydrogen-bond donors (Lipinski definition) is 1. The molecule has 0 amide bonds. The Balaban J connectivity index is 1.72. The zero-order valence-electron chi connectivity index (χ0n) is 19.1. The number of aromatic nitrogens is 1. The molecule has 0 radical (unpaired) electrons. The Labute approximate surface area is 193 Å². The molecule has 1 saturated heterocycles. The first-order valence-electron chi connectivity index (χ1n) is 11.5. The number of nitrogens with zero attached hydrogens (tertiary/aromatic N) is 2. The molecular formula is C26H29N3O4. The Hall–Kier alpha value is -3.61. The largest absolute Gasteiger partial charge is 0.462 e. The van der Waals surface area contributed by atoms with Crippen molar-refractivity contribution in [3.63, 3.8) is 0 Å². The molecule has 0 bridgehead atoms. The Morgan fingerprint density at radius 3 is 2.33 bits per heavy atom. The molecule has 0 unspecified atom stereocenters. The molecule has 1 fully saturated rings. The van der Waals surface area contributed by atoms with Crippen LogP contribution in [0.4, 0.5) is 17.1 Å². The lowest BCUT2D eigenvalue weighted by atomic mass is 10.1. The molecule has 1 aromatic heterocycles. The van der Waals surface area contributed by atoms with Crippen molar-refractivity contribution >= 4 is 39.9 Å². The van der Waals surface area contributed by atoms with Crippen LogP contribution in [0.5, 0.6) is 0 Å². The summed E-state index contributed by atoms with van der Waals surface area (Å²) >= 11 is 0. The van der Waals surface area contributed by atoms with Crippen molar-refractivity contribution in [2.45, 2.75) is 33.1 Å². The summed E-state index contributed by atoms with van der Waals surface area (Å²) in [7, 11) is 0. The Morgan fingerprint density at radius 2 is 1.64 bits per heavy atom. The molecule has 0 spiro atoms. The van der Waals surface area contributed by atoms with Gasteiger partial charge in [0.25, 0.3) is 0 Å². The Kier molecular flexibility index (Phi) is 7.07. The number of rotatable bonds is 7. The van der Waals surface area contributed by atoms with Crippen LogP contribution in [0.2, 0.25) is 0 Å². The highest BCUT2D eigenvalue weighted by Gasteiger charge is 2.19. The number of fused-ring (bicyclic) bond motifs is 1. The van der Waals surface area contributed by atoms with Gasteiger partial charge in [-0.15, -0.1) is 0 Å². The van der Waals surface area contributed by atoms with Gasteiger partial charge in [-0.25, -0.2) is 9.59 Å². The van der Waals surface area contributed by atoms with Crippen molar-refractivity contribution in [2.75, 3.05) is 36.5 Å². The van der Waals surface area contributed by atoms with Crippen LogP contribution in [-0.4, -0.2) is 43.2 Å². The van der Waals surface area contributed by atoms with Crippen molar-refractivity contribution in [1.29, 1.82) is 0 Å². The maximum absolute atomic E-state index is 12.7. The minimum atomic E-state index is -0.471. The molecule has 2 aromatic carbocycles. The summed E-state index contributed by atoms with van der Waals surface area (Å²) < 4.78 is 10.4. The molecular weight excluding hydrogens is 418 g/mol. The van der Waals surface area contributed by atoms with Gasteiger partial charge in [-0.3, -0.25) is 4.98 Å². The van der Waals surface area contributed by atoms with E-state index in [9.17, 15) is 9.59 Å². The lowest BCUT2D eigenvalue weighted by Gasteiger charge is -2.29. The van der Waals surface area contributed by atoms with E-state index in [0.717, 1.165) is 18.8 Å². The summed E-state index contributed by atoms with van der Waals surface area (Å²) in [5.74, 6) is -0.890. The topological polar surface area (TPSA) is 80.8 Å². The number of ether oxygens (including phenoxy) is 2. The first-order chi connectivity index (χ1) is 16.1. The number of esters is 2. The number of piperidine rings is 1. The zero-order chi connectivity index (χ0) is 23.2. The third kappa shape index (κ3) is 5.08. The van der Waals surface area contributed by atoms with Crippen molar-refractivity contribution in [1.82, 2.24) is 4.98 Å². The first kappa shape index (κ1) is 22.6. The predicted octanol–water partition coefficient (Wildman–Crippen LogP) is 5.32. The number of pyridine rings is 1. The zero-order valence-corrected chi connectivity index (χ0v) is 19.1. The van der Waals surface area contributed by atoms with Crippen LogP contribution in [-0.2, 0) is 9.47 Å². The van der Waals surface area contributed by atoms with Gasteiger partial charge >= 0.3 is 11.9 Å². The monoisotopic (exact) mass is 447 g/mol. The molecule has 0 aliphatic carbocycles. The molecule has 2 heterocycles. The summed E-state index contributed by atoms with van der Waals surface area (Å²) in [6, 6.07) is 13.3. The second kappa shape index (κ2) is 10.3. The fraction of sp³-hybridized carbons (Fsp3) is 0.346. The molecule has 33 heavy (non-hydrogen) atoms. The van der Waals surface area contributed by atoms with E-state index in [1.807, 2.05) is 12.1 Å². The third-order valence-corrected chi connectivity index (χ3v) is 5.73. The highest BCUT2D eigenvalue weighted by Crippen LogP contribution is 2.32. The van der Waals surface area contributed by atoms with Gasteiger partial charge < -0.3 is 19.7 Å². The molecule has 4 rings (SSSR count). The molecule has 172 valence electrons. The molecule has 1 aliphatic heterocycles. The number of carbonyl (C=O) groups excluding carboxylic acids is 2. The number of carbonyl (C=O) groups is 2. The normalized spacial score (nSPS) is 13.6. The lowest BCUT2D eigenvalue weighted by Crippen LogP contribution is -2.29. The number of benzene rings is 2. The number of nitrogens with one attached hydrogen (secondary N) is 1. The van der Waals surface area contributed by atoms with Crippen LogP contribution >= 0.6 is 0 Å². The second-order valence-corrected chi connectivity index (χ2v) is 7.94. The molecule has 0 saturated carbocycles. The number of hydrogen-bond acceptors (Lipinski definition) is 7. The van der Waals surface area contributed by atoms with Crippen molar-refractivity contribution in [3.05, 3.63) is 59.8 Å². The quantitative estimate of drug-likeness (QED) is 0.491. The highest BCUT2D eigenvalue weighted by molar-refractivity contribution is 6.07. The fourth-order valence-corrected chi connectivity index (χ4v) is 4.08. The summed E-state index contributed by atoms with van der Waals surface area (Å²) in [5, 5.41) is 4.02. The molecule has 1 N–H and O–H groups in total. The van der Waals surface area contributed by atoms with E-state index in [4.69, 9.17) is 9.47 Å². The summed E-state index contributed by atoms with van der Waals surface area (Å²) in [6.07, 6.45) is 5.23. The van der Waals surface area contributed by atoms with Gasteiger partial charge in [0.15, 0.2) is 0 Å². The maximum Gasteiger partial charge on any atom is 0.341 e. The molecule has 7 nitrogen and oxygen atoms in total. The van der Waals surface area contributed by atoms with Gasteiger partial charge in [0, 0.05) is 36.0 Å². The Bertz CT molecular complexity index is 1130. The van der Waals surface area contributed by atoms with Crippen LogP contribution in [0.25, 0.3) is 10.9 Å². The maximum atomic E-state index is 12.7. The van der Waals surface area contributed by atoms with Crippen LogP contribution in [0.1, 0.15) is 53.8 Å². The lowest BCUT2D eigenvalue weighted by molar-refractivity contribution is 0.0518. The molecule has 7 heteroatoms. The van der Waals surface area contributed by atoms with Crippen molar-refractivity contribution < 1.29 is 19.1 Å².